The number of aryl methyl sites for hydroxylation is 1. The average Bonchev–Trinajstić information content (AvgIpc) is 3.17. The van der Waals surface area contributed by atoms with Crippen LogP contribution in [-0.2, 0) is 16.6 Å². The van der Waals surface area contributed by atoms with Crippen molar-refractivity contribution in [3.63, 3.8) is 0 Å². The third-order valence-electron chi connectivity index (χ3n) is 4.20. The van der Waals surface area contributed by atoms with E-state index in [0.717, 1.165) is 35.7 Å². The predicted octanol–water partition coefficient (Wildman–Crippen LogP) is 0.846. The van der Waals surface area contributed by atoms with Gasteiger partial charge in [0.05, 0.1) is 0 Å². The van der Waals surface area contributed by atoms with Gasteiger partial charge in [0.15, 0.2) is 5.82 Å². The summed E-state index contributed by atoms with van der Waals surface area (Å²) in [5, 5.41) is 0. The fraction of sp³-hybridized carbons (Fsp3) is 0.533. The van der Waals surface area contributed by atoms with E-state index < -0.39 is 10.2 Å². The molecule has 8 nitrogen and oxygen atoms in total. The molecule has 0 amide bonds. The number of nitrogens with zero attached hydrogens (tertiary/aromatic N) is 5. The van der Waals surface area contributed by atoms with Crippen LogP contribution in [0.4, 0.5) is 0 Å². The van der Waals surface area contributed by atoms with Gasteiger partial charge in [-0.3, -0.25) is 0 Å². The summed E-state index contributed by atoms with van der Waals surface area (Å²) in [5.41, 5.74) is 2.64. The summed E-state index contributed by atoms with van der Waals surface area (Å²) < 4.78 is 27.2. The monoisotopic (exact) mass is 350 g/mol. The largest absolute Gasteiger partial charge is 0.341 e. The van der Waals surface area contributed by atoms with Gasteiger partial charge in [0.1, 0.15) is 12.0 Å². The van der Waals surface area contributed by atoms with Crippen molar-refractivity contribution in [2.75, 3.05) is 27.2 Å². The van der Waals surface area contributed by atoms with Crippen molar-refractivity contribution in [1.82, 2.24) is 28.5 Å². The minimum absolute atomic E-state index is 0.265. The standard InChI is InChI=1S/C15H22N6O2S/c1-11-8-16-15(19-11)14-7-13(17-10-18-14)6-12-4-5-21(9-12)24(22,23)20(2)3/h7-8,10,12H,4-6,9H2,1-3H3,(H,16,19)/t12-/m0/s1. The van der Waals surface area contributed by atoms with Gasteiger partial charge in [0.25, 0.3) is 10.2 Å². The van der Waals surface area contributed by atoms with Crippen molar-refractivity contribution >= 4 is 10.2 Å². The van der Waals surface area contributed by atoms with Gasteiger partial charge in [-0.15, -0.1) is 0 Å². The van der Waals surface area contributed by atoms with E-state index in [9.17, 15) is 8.42 Å². The molecule has 1 aliphatic heterocycles. The van der Waals surface area contributed by atoms with Crippen LogP contribution in [-0.4, -0.2) is 64.1 Å². The Morgan fingerprint density at radius 2 is 2.12 bits per heavy atom. The first-order valence-electron chi connectivity index (χ1n) is 7.87. The zero-order chi connectivity index (χ0) is 17.3. The number of hydrogen-bond acceptors (Lipinski definition) is 5. The number of nitrogens with one attached hydrogen (secondary N) is 1. The van der Waals surface area contributed by atoms with E-state index in [4.69, 9.17) is 0 Å². The van der Waals surface area contributed by atoms with Crippen LogP contribution >= 0.6 is 0 Å². The molecule has 0 saturated carbocycles. The Labute approximate surface area is 142 Å². The number of aromatic amines is 1. The lowest BCUT2D eigenvalue weighted by Crippen LogP contribution is -2.38. The van der Waals surface area contributed by atoms with Crippen LogP contribution in [0.5, 0.6) is 0 Å². The molecule has 1 aliphatic rings. The molecule has 0 spiro atoms. The highest BCUT2D eigenvalue weighted by Crippen LogP contribution is 2.24. The van der Waals surface area contributed by atoms with Gasteiger partial charge in [0, 0.05) is 44.8 Å². The van der Waals surface area contributed by atoms with Gasteiger partial charge in [-0.05, 0) is 31.7 Å². The molecule has 9 heteroatoms. The molecule has 0 aromatic carbocycles. The summed E-state index contributed by atoms with van der Waals surface area (Å²) in [6.45, 7) is 3.02. The first-order valence-corrected chi connectivity index (χ1v) is 9.26. The molecule has 1 saturated heterocycles. The Morgan fingerprint density at radius 3 is 2.79 bits per heavy atom. The molecule has 1 fully saturated rings. The van der Waals surface area contributed by atoms with Crippen molar-refractivity contribution in [3.05, 3.63) is 30.0 Å². The van der Waals surface area contributed by atoms with Crippen molar-refractivity contribution in [2.24, 2.45) is 5.92 Å². The van der Waals surface area contributed by atoms with Gasteiger partial charge in [-0.25, -0.2) is 15.0 Å². The van der Waals surface area contributed by atoms with Crippen LogP contribution in [0, 0.1) is 12.8 Å². The molecule has 0 bridgehead atoms. The third kappa shape index (κ3) is 3.47. The van der Waals surface area contributed by atoms with Gasteiger partial charge >= 0.3 is 0 Å². The zero-order valence-corrected chi connectivity index (χ0v) is 14.9. The van der Waals surface area contributed by atoms with E-state index in [1.54, 1.807) is 20.3 Å². The smallest absolute Gasteiger partial charge is 0.281 e. The summed E-state index contributed by atoms with van der Waals surface area (Å²) in [4.78, 5) is 16.0. The molecule has 3 heterocycles. The van der Waals surface area contributed by atoms with Crippen LogP contribution in [0.3, 0.4) is 0 Å². The lowest BCUT2D eigenvalue weighted by molar-refractivity contribution is 0.409. The topological polar surface area (TPSA) is 95.1 Å². The fourth-order valence-corrected chi connectivity index (χ4v) is 4.08. The van der Waals surface area contributed by atoms with Crippen molar-refractivity contribution in [3.8, 4) is 11.5 Å². The maximum atomic E-state index is 12.2. The number of aromatic nitrogens is 4. The highest BCUT2D eigenvalue weighted by Gasteiger charge is 2.32. The predicted molar refractivity (Wildman–Crippen MR) is 90.3 cm³/mol. The third-order valence-corrected chi connectivity index (χ3v) is 6.11. The molecule has 1 N–H and O–H groups in total. The fourth-order valence-electron chi connectivity index (χ4n) is 2.88. The molecule has 2 aromatic rings. The van der Waals surface area contributed by atoms with E-state index in [2.05, 4.69) is 19.9 Å². The highest BCUT2D eigenvalue weighted by atomic mass is 32.2. The number of hydrogen-bond donors (Lipinski definition) is 1. The molecule has 1 atom stereocenters. The van der Waals surface area contributed by atoms with Crippen molar-refractivity contribution in [2.45, 2.75) is 19.8 Å². The molecule has 2 aromatic heterocycles. The second kappa shape index (κ2) is 6.58. The molecule has 3 rings (SSSR count). The zero-order valence-electron chi connectivity index (χ0n) is 14.1. The van der Waals surface area contributed by atoms with Gasteiger partial charge in [-0.2, -0.15) is 17.0 Å². The summed E-state index contributed by atoms with van der Waals surface area (Å²) >= 11 is 0. The summed E-state index contributed by atoms with van der Waals surface area (Å²) in [6, 6.07) is 1.92. The Hall–Kier alpha value is -1.84. The minimum Gasteiger partial charge on any atom is -0.341 e. The summed E-state index contributed by atoms with van der Waals surface area (Å²) in [6.07, 6.45) is 4.87. The van der Waals surface area contributed by atoms with Gasteiger partial charge < -0.3 is 4.98 Å². The van der Waals surface area contributed by atoms with Gasteiger partial charge in [-0.1, -0.05) is 0 Å². The highest BCUT2D eigenvalue weighted by molar-refractivity contribution is 7.86. The van der Waals surface area contributed by atoms with Crippen molar-refractivity contribution < 1.29 is 8.42 Å². The van der Waals surface area contributed by atoms with E-state index in [1.165, 1.54) is 14.9 Å². The normalized spacial score (nSPS) is 19.2. The lowest BCUT2D eigenvalue weighted by atomic mass is 10.0. The quantitative estimate of drug-likeness (QED) is 0.862. The Morgan fingerprint density at radius 1 is 1.33 bits per heavy atom. The van der Waals surface area contributed by atoms with Gasteiger partial charge in [0.2, 0.25) is 0 Å². The van der Waals surface area contributed by atoms with Crippen molar-refractivity contribution in [1.29, 1.82) is 0 Å². The molecule has 0 radical (unpaired) electrons. The SMILES string of the molecule is Cc1cnc(-c2cc(C[C@@H]3CCN(S(=O)(=O)N(C)C)C3)ncn2)[nH]1. The maximum Gasteiger partial charge on any atom is 0.281 e. The minimum atomic E-state index is -3.33. The average molecular weight is 350 g/mol. The molecular formula is C15H22N6O2S. The van der Waals surface area contributed by atoms with Crippen LogP contribution in [0.15, 0.2) is 18.6 Å². The van der Waals surface area contributed by atoms with E-state index >= 15 is 0 Å². The number of imidazole rings is 1. The van der Waals surface area contributed by atoms with Crippen LogP contribution in [0.2, 0.25) is 0 Å². The van der Waals surface area contributed by atoms with Crippen LogP contribution in [0.1, 0.15) is 17.8 Å². The molecule has 0 unspecified atom stereocenters. The van der Waals surface area contributed by atoms with E-state index in [0.29, 0.717) is 13.1 Å². The van der Waals surface area contributed by atoms with E-state index in [-0.39, 0.29) is 5.92 Å². The molecule has 130 valence electrons. The second-order valence-corrected chi connectivity index (χ2v) is 8.46. The first-order chi connectivity index (χ1) is 11.4. The Balaban J connectivity index is 1.69. The Kier molecular flexibility index (Phi) is 4.66. The Bertz CT molecular complexity index is 817. The first kappa shape index (κ1) is 17.0. The number of H-pyrrole nitrogens is 1. The van der Waals surface area contributed by atoms with Crippen LogP contribution in [0.25, 0.3) is 11.5 Å². The molecule has 0 aliphatic carbocycles. The second-order valence-electron chi connectivity index (χ2n) is 6.32. The van der Waals surface area contributed by atoms with E-state index in [1.807, 2.05) is 13.0 Å². The number of rotatable bonds is 5. The summed E-state index contributed by atoms with van der Waals surface area (Å²) in [7, 11) is -0.211. The molecular weight excluding hydrogens is 328 g/mol. The molecule has 24 heavy (non-hydrogen) atoms. The summed E-state index contributed by atoms with van der Waals surface area (Å²) in [5.74, 6) is 0.986. The van der Waals surface area contributed by atoms with Crippen LogP contribution < -0.4 is 0 Å². The maximum absolute atomic E-state index is 12.2. The lowest BCUT2D eigenvalue weighted by Gasteiger charge is -2.20.